The van der Waals surface area contributed by atoms with Crippen LogP contribution in [0.3, 0.4) is 0 Å². The smallest absolute Gasteiger partial charge is 0.300 e. The van der Waals surface area contributed by atoms with Crippen LogP contribution in [0.1, 0.15) is 97.3 Å². The summed E-state index contributed by atoms with van der Waals surface area (Å²) in [4.78, 5) is 0. The largest absolute Gasteiger partial charge is 0.477 e. The van der Waals surface area contributed by atoms with E-state index in [-0.39, 0.29) is 28.4 Å². The van der Waals surface area contributed by atoms with Crippen molar-refractivity contribution < 1.29 is 38.6 Å². The Morgan fingerprint density at radius 2 is 0.523 bits per heavy atom. The first-order valence-electron chi connectivity index (χ1n) is 29.6. The van der Waals surface area contributed by atoms with Crippen LogP contribution >= 0.6 is 0 Å². The molecule has 2 N–H and O–H groups in total. The minimum Gasteiger partial charge on any atom is -0.477 e. The third-order valence-corrected chi connectivity index (χ3v) is 16.1. The minimum absolute atomic E-state index is 0.0169. The first-order chi connectivity index (χ1) is 43.4. The van der Waals surface area contributed by atoms with Crippen molar-refractivity contribution in [1.29, 1.82) is 0 Å². The second-order valence-electron chi connectivity index (χ2n) is 21.7. The quantitative estimate of drug-likeness (QED) is 0.0687. The van der Waals surface area contributed by atoms with Gasteiger partial charge in [0.05, 0.1) is 0 Å². The molecule has 1 aliphatic heterocycles. The Morgan fingerprint density at radius 3 is 0.841 bits per heavy atom. The van der Waals surface area contributed by atoms with E-state index in [1.165, 1.54) is 0 Å². The van der Waals surface area contributed by atoms with Crippen molar-refractivity contribution in [2.45, 2.75) is 47.9 Å². The van der Waals surface area contributed by atoms with Gasteiger partial charge in [-0.3, -0.25) is 0 Å². The van der Waals surface area contributed by atoms with Crippen LogP contribution in [0.25, 0.3) is 0 Å². The molecule has 0 spiro atoms. The van der Waals surface area contributed by atoms with Gasteiger partial charge in [0.25, 0.3) is 17.4 Å². The summed E-state index contributed by atoms with van der Waals surface area (Å²) in [5.41, 5.74) is 7.37. The molecule has 8 nitrogen and oxygen atoms in total. The molecule has 0 fully saturated rings. The van der Waals surface area contributed by atoms with Crippen LogP contribution in [0, 0.1) is 0 Å². The van der Waals surface area contributed by atoms with Crippen LogP contribution < -0.4 is 14.2 Å². The molecule has 0 amide bonds. The van der Waals surface area contributed by atoms with E-state index in [9.17, 15) is 0 Å². The summed E-state index contributed by atoms with van der Waals surface area (Å²) in [5, 5.41) is 31.7. The molecule has 0 radical (unpaired) electrons. The van der Waals surface area contributed by atoms with Crippen molar-refractivity contribution in [3.63, 3.8) is 0 Å². The van der Waals surface area contributed by atoms with E-state index in [1.54, 1.807) is 24.3 Å². The molecule has 0 saturated carbocycles. The first-order valence-corrected chi connectivity index (χ1v) is 29.6. The van der Waals surface area contributed by atoms with E-state index in [2.05, 4.69) is 0 Å². The average Bonchev–Trinajstić information content (AvgIpc) is 0.683. The van der Waals surface area contributed by atoms with Gasteiger partial charge in [0.1, 0.15) is 41.8 Å². The zero-order valence-electron chi connectivity index (χ0n) is 48.1. The molecule has 13 rings (SSSR count). The molecule has 0 bridgehead atoms. The highest BCUT2D eigenvalue weighted by Crippen LogP contribution is 2.64. The van der Waals surface area contributed by atoms with Crippen LogP contribution in [0.5, 0.6) is 17.2 Å². The molecule has 0 saturated heterocycles. The summed E-state index contributed by atoms with van der Waals surface area (Å²) in [6.07, 6.45) is -4.94. The molecular weight excluding hydrogens is 1090 g/mol. The summed E-state index contributed by atoms with van der Waals surface area (Å²) < 4.78 is 46.8. The minimum atomic E-state index is -3.24. The van der Waals surface area contributed by atoms with E-state index in [1.807, 2.05) is 322 Å². The normalized spacial score (nSPS) is 17.2. The van der Waals surface area contributed by atoms with Crippen molar-refractivity contribution in [2.24, 2.45) is 0 Å². The monoisotopic (exact) mass is 1150 g/mol. The first kappa shape index (κ1) is 56.9. The highest BCUT2D eigenvalue weighted by Gasteiger charge is 2.76. The Labute approximate surface area is 513 Å². The topological polar surface area (TPSA) is 95.8 Å². The fraction of sp³-hybridized carbons (Fsp3) is 0.100. The maximum atomic E-state index is 15.9. The summed E-state index contributed by atoms with van der Waals surface area (Å²) in [6.45, 7) is 0. The van der Waals surface area contributed by atoms with Crippen molar-refractivity contribution in [3.8, 4) is 17.2 Å². The number of ether oxygens (including phenoxy) is 6. The molecule has 3 atom stereocenters. The maximum Gasteiger partial charge on any atom is 0.300 e. The van der Waals surface area contributed by atoms with Gasteiger partial charge in [-0.25, -0.2) is 0 Å². The highest BCUT2D eigenvalue weighted by atomic mass is 16.8. The van der Waals surface area contributed by atoms with Crippen LogP contribution in [0.2, 0.25) is 0 Å². The Hall–Kier alpha value is -10.2. The average molecular weight is 1150 g/mol. The van der Waals surface area contributed by atoms with E-state index in [0.29, 0.717) is 33.4 Å². The SMILES string of the molecule is OC1(OC(c2ccccc2)c2ccccc2)c2c(ccc(OC(c3ccccc3)c3ccccc3)c2OC(c2ccccc2)c2ccccc2)OC(OC(c2ccccc2)c2ccccc2)(c2ccccc2)C1(O)OC(c1ccccc1)c1ccccc1. The third kappa shape index (κ3) is 11.4. The molecule has 12 aromatic carbocycles. The Morgan fingerprint density at radius 1 is 0.261 bits per heavy atom. The van der Waals surface area contributed by atoms with Gasteiger partial charge in [-0.2, -0.15) is 0 Å². The predicted molar refractivity (Wildman–Crippen MR) is 342 cm³/mol. The zero-order valence-corrected chi connectivity index (χ0v) is 48.1. The lowest BCUT2D eigenvalue weighted by molar-refractivity contribution is -0.505. The second-order valence-corrected chi connectivity index (χ2v) is 21.7. The van der Waals surface area contributed by atoms with Gasteiger partial charge in [0.2, 0.25) is 0 Å². The maximum absolute atomic E-state index is 15.9. The Kier molecular flexibility index (Phi) is 16.7. The molecule has 12 aromatic rings. The van der Waals surface area contributed by atoms with Crippen molar-refractivity contribution in [1.82, 2.24) is 0 Å². The Balaban J connectivity index is 1.18. The number of rotatable bonds is 21. The second kappa shape index (κ2) is 25.8. The van der Waals surface area contributed by atoms with E-state index in [4.69, 9.17) is 28.4 Å². The van der Waals surface area contributed by atoms with Gasteiger partial charge < -0.3 is 38.6 Å². The fourth-order valence-corrected chi connectivity index (χ4v) is 11.8. The number of aliphatic hydroxyl groups is 2. The van der Waals surface area contributed by atoms with Gasteiger partial charge in [-0.15, -0.1) is 0 Å². The molecule has 0 aliphatic carbocycles. The number of hydrogen-bond acceptors (Lipinski definition) is 8. The van der Waals surface area contributed by atoms with Crippen LogP contribution in [0.15, 0.2) is 346 Å². The highest BCUT2D eigenvalue weighted by molar-refractivity contribution is 5.61. The van der Waals surface area contributed by atoms with Crippen LogP contribution in [-0.4, -0.2) is 16.0 Å². The standard InChI is InChI=1S/C80H64O8/c81-78(86-74(62-42-20-5-21-43-62)63-44-22-6-23-45-63)71-69(56-57-70(83-72(58-34-12-1-13-35-58)59-36-14-2-15-37-59)77(71)84-73(60-38-16-3-17-39-60)61-40-18-4-19-41-61)85-79(68-54-32-11-33-55-68,87-75(64-46-24-7-25-47-64)65-48-26-8-27-49-65)80(78,82)88-76(66-50-28-9-29-51-66)67-52-30-10-31-53-67/h1-57,72-76,81-82H. The molecule has 432 valence electrons. The van der Waals surface area contributed by atoms with Crippen molar-refractivity contribution in [2.75, 3.05) is 0 Å². The van der Waals surface area contributed by atoms with Gasteiger partial charge in [0, 0.05) is 5.56 Å². The summed E-state index contributed by atoms with van der Waals surface area (Å²) in [6, 6.07) is 110. The van der Waals surface area contributed by atoms with E-state index in [0.717, 1.165) is 22.3 Å². The molecule has 1 aliphatic rings. The van der Waals surface area contributed by atoms with Crippen LogP contribution in [-0.2, 0) is 25.8 Å². The van der Waals surface area contributed by atoms with Crippen molar-refractivity contribution in [3.05, 3.63) is 413 Å². The lowest BCUT2D eigenvalue weighted by atomic mass is 9.80. The number of hydrogen-bond donors (Lipinski definition) is 2. The number of benzene rings is 12. The van der Waals surface area contributed by atoms with Gasteiger partial charge >= 0.3 is 0 Å². The lowest BCUT2D eigenvalue weighted by Crippen LogP contribution is -2.72. The predicted octanol–water partition coefficient (Wildman–Crippen LogP) is 17.5. The van der Waals surface area contributed by atoms with Gasteiger partial charge in [-0.05, 0) is 67.8 Å². The number of fused-ring (bicyclic) bond motifs is 1. The molecule has 3 unspecified atom stereocenters. The van der Waals surface area contributed by atoms with Crippen LogP contribution in [0.4, 0.5) is 0 Å². The van der Waals surface area contributed by atoms with E-state index < -0.39 is 47.9 Å². The molecule has 0 aromatic heterocycles. The summed E-state index contributed by atoms with van der Waals surface area (Å²) >= 11 is 0. The zero-order chi connectivity index (χ0) is 59.6. The molecular formula is C80H64O8. The third-order valence-electron chi connectivity index (χ3n) is 16.1. The summed E-state index contributed by atoms with van der Waals surface area (Å²) in [5.74, 6) is -8.81. The van der Waals surface area contributed by atoms with Crippen molar-refractivity contribution >= 4 is 0 Å². The summed E-state index contributed by atoms with van der Waals surface area (Å²) in [7, 11) is 0. The Bertz CT molecular complexity index is 3930. The molecule has 1 heterocycles. The molecule has 8 heteroatoms. The van der Waals surface area contributed by atoms with E-state index >= 15 is 10.2 Å². The lowest BCUT2D eigenvalue weighted by Gasteiger charge is -2.57. The molecule has 88 heavy (non-hydrogen) atoms. The fourth-order valence-electron chi connectivity index (χ4n) is 11.8. The van der Waals surface area contributed by atoms with Gasteiger partial charge in [0.15, 0.2) is 11.5 Å². The van der Waals surface area contributed by atoms with Gasteiger partial charge in [-0.1, -0.05) is 334 Å².